The second-order valence-electron chi connectivity index (χ2n) is 5.80. The van der Waals surface area contributed by atoms with Crippen molar-refractivity contribution in [3.8, 4) is 5.75 Å². The van der Waals surface area contributed by atoms with Gasteiger partial charge in [-0.25, -0.2) is 0 Å². The molecular formula is C20H21N3O3. The third kappa shape index (κ3) is 4.27. The summed E-state index contributed by atoms with van der Waals surface area (Å²) in [5.74, 6) is 1.09. The van der Waals surface area contributed by atoms with Gasteiger partial charge in [-0.15, -0.1) is 10.2 Å². The van der Waals surface area contributed by atoms with Crippen LogP contribution in [0.5, 0.6) is 5.75 Å². The molecule has 1 aromatic heterocycles. The van der Waals surface area contributed by atoms with Gasteiger partial charge in [-0.3, -0.25) is 4.79 Å². The SMILES string of the molecule is CCOc1ccccc1NC(=O)CC(c1ccccc1)c1nnc(C)o1. The summed E-state index contributed by atoms with van der Waals surface area (Å²) in [7, 11) is 0. The second-order valence-corrected chi connectivity index (χ2v) is 5.80. The van der Waals surface area contributed by atoms with Crippen LogP contribution in [0.2, 0.25) is 0 Å². The van der Waals surface area contributed by atoms with E-state index in [0.29, 0.717) is 29.8 Å². The predicted octanol–water partition coefficient (Wildman–Crippen LogP) is 3.94. The molecule has 0 saturated heterocycles. The number of carbonyl (C=O) groups excluding carboxylic acids is 1. The molecule has 0 bridgehead atoms. The molecule has 6 heteroatoms. The highest BCUT2D eigenvalue weighted by molar-refractivity contribution is 5.92. The molecule has 0 spiro atoms. The lowest BCUT2D eigenvalue weighted by molar-refractivity contribution is -0.116. The van der Waals surface area contributed by atoms with Crippen LogP contribution in [0.1, 0.15) is 36.6 Å². The molecule has 134 valence electrons. The molecule has 0 radical (unpaired) electrons. The Kier molecular flexibility index (Phi) is 5.63. The second kappa shape index (κ2) is 8.29. The van der Waals surface area contributed by atoms with Crippen molar-refractivity contribution in [1.82, 2.24) is 10.2 Å². The minimum absolute atomic E-state index is 0.151. The number of hydrogen-bond acceptors (Lipinski definition) is 5. The number of anilines is 1. The Labute approximate surface area is 152 Å². The van der Waals surface area contributed by atoms with Gasteiger partial charge in [-0.05, 0) is 24.6 Å². The Balaban J connectivity index is 1.80. The zero-order chi connectivity index (χ0) is 18.4. The number of carbonyl (C=O) groups is 1. The van der Waals surface area contributed by atoms with Gasteiger partial charge in [0, 0.05) is 13.3 Å². The lowest BCUT2D eigenvalue weighted by Crippen LogP contribution is -2.17. The van der Waals surface area contributed by atoms with Gasteiger partial charge in [0.2, 0.25) is 17.7 Å². The third-order valence-electron chi connectivity index (χ3n) is 3.89. The van der Waals surface area contributed by atoms with Gasteiger partial charge in [0.15, 0.2) is 0 Å². The van der Waals surface area contributed by atoms with Crippen molar-refractivity contribution in [2.24, 2.45) is 0 Å². The highest BCUT2D eigenvalue weighted by atomic mass is 16.5. The van der Waals surface area contributed by atoms with Gasteiger partial charge in [-0.2, -0.15) is 0 Å². The van der Waals surface area contributed by atoms with Crippen LogP contribution in [0.4, 0.5) is 5.69 Å². The monoisotopic (exact) mass is 351 g/mol. The van der Waals surface area contributed by atoms with Crippen molar-refractivity contribution < 1.29 is 13.9 Å². The minimum atomic E-state index is -0.309. The summed E-state index contributed by atoms with van der Waals surface area (Å²) in [6.45, 7) is 4.17. The molecule has 0 aliphatic carbocycles. The number of nitrogens with one attached hydrogen (secondary N) is 1. The van der Waals surface area contributed by atoms with Crippen molar-refractivity contribution in [2.75, 3.05) is 11.9 Å². The molecule has 3 rings (SSSR count). The largest absolute Gasteiger partial charge is 0.492 e. The van der Waals surface area contributed by atoms with Gasteiger partial charge in [0.25, 0.3) is 0 Å². The van der Waals surface area contributed by atoms with Crippen molar-refractivity contribution in [3.63, 3.8) is 0 Å². The van der Waals surface area contributed by atoms with E-state index < -0.39 is 0 Å². The molecule has 0 saturated carbocycles. The van der Waals surface area contributed by atoms with E-state index in [0.717, 1.165) is 5.56 Å². The van der Waals surface area contributed by atoms with E-state index in [1.165, 1.54) is 0 Å². The summed E-state index contributed by atoms with van der Waals surface area (Å²) in [4.78, 5) is 12.7. The van der Waals surface area contributed by atoms with E-state index in [4.69, 9.17) is 9.15 Å². The van der Waals surface area contributed by atoms with Crippen LogP contribution in [0.3, 0.4) is 0 Å². The van der Waals surface area contributed by atoms with E-state index in [9.17, 15) is 4.79 Å². The lowest BCUT2D eigenvalue weighted by Gasteiger charge is -2.15. The van der Waals surface area contributed by atoms with Crippen LogP contribution in [-0.2, 0) is 4.79 Å². The predicted molar refractivity (Wildman–Crippen MR) is 98.2 cm³/mol. The number of ether oxygens (including phenoxy) is 1. The fourth-order valence-corrected chi connectivity index (χ4v) is 2.72. The molecule has 6 nitrogen and oxygen atoms in total. The zero-order valence-corrected chi connectivity index (χ0v) is 14.8. The Morgan fingerprint density at radius 3 is 2.54 bits per heavy atom. The van der Waals surface area contributed by atoms with Gasteiger partial charge in [-0.1, -0.05) is 42.5 Å². The van der Waals surface area contributed by atoms with Gasteiger partial charge in [0.05, 0.1) is 18.2 Å². The standard InChI is InChI=1S/C20H21N3O3/c1-3-25-18-12-8-7-11-17(18)21-19(24)13-16(15-9-5-4-6-10-15)20-23-22-14(2)26-20/h4-12,16H,3,13H2,1-2H3,(H,21,24). The average molecular weight is 351 g/mol. The molecule has 1 unspecified atom stereocenters. The van der Waals surface area contributed by atoms with E-state index in [-0.39, 0.29) is 18.2 Å². The van der Waals surface area contributed by atoms with Crippen LogP contribution >= 0.6 is 0 Å². The first-order chi connectivity index (χ1) is 12.7. The number of aryl methyl sites for hydroxylation is 1. The summed E-state index contributed by atoms with van der Waals surface area (Å²) in [6.07, 6.45) is 0.187. The summed E-state index contributed by atoms with van der Waals surface area (Å²) in [5, 5.41) is 10.9. The number of rotatable bonds is 7. The fraction of sp³-hybridized carbons (Fsp3) is 0.250. The molecule has 1 amide bonds. The van der Waals surface area contributed by atoms with E-state index in [1.807, 2.05) is 61.5 Å². The molecule has 1 N–H and O–H groups in total. The molecule has 1 heterocycles. The number of amides is 1. The van der Waals surface area contributed by atoms with Crippen molar-refractivity contribution in [1.29, 1.82) is 0 Å². The van der Waals surface area contributed by atoms with Crippen LogP contribution in [-0.4, -0.2) is 22.7 Å². The summed E-state index contributed by atoms with van der Waals surface area (Å²) < 4.78 is 11.1. The molecule has 0 aliphatic heterocycles. The molecule has 3 aromatic rings. The third-order valence-corrected chi connectivity index (χ3v) is 3.89. The number of benzene rings is 2. The van der Waals surface area contributed by atoms with Crippen molar-refractivity contribution in [3.05, 3.63) is 71.9 Å². The summed E-state index contributed by atoms with van der Waals surface area (Å²) >= 11 is 0. The van der Waals surface area contributed by atoms with Crippen LogP contribution in [0, 0.1) is 6.92 Å². The van der Waals surface area contributed by atoms with Crippen molar-refractivity contribution in [2.45, 2.75) is 26.2 Å². The van der Waals surface area contributed by atoms with E-state index in [1.54, 1.807) is 6.92 Å². The van der Waals surface area contributed by atoms with Crippen LogP contribution in [0.25, 0.3) is 0 Å². The van der Waals surface area contributed by atoms with Crippen LogP contribution in [0.15, 0.2) is 59.0 Å². The molecule has 0 aliphatic rings. The van der Waals surface area contributed by atoms with E-state index in [2.05, 4.69) is 15.5 Å². The van der Waals surface area contributed by atoms with E-state index >= 15 is 0 Å². The normalized spacial score (nSPS) is 11.8. The Bertz CT molecular complexity index is 862. The number of para-hydroxylation sites is 2. The lowest BCUT2D eigenvalue weighted by atomic mass is 9.95. The Morgan fingerprint density at radius 1 is 1.12 bits per heavy atom. The molecule has 1 atom stereocenters. The van der Waals surface area contributed by atoms with Gasteiger partial charge >= 0.3 is 0 Å². The molecule has 2 aromatic carbocycles. The highest BCUT2D eigenvalue weighted by Gasteiger charge is 2.24. The first kappa shape index (κ1) is 17.7. The maximum absolute atomic E-state index is 12.7. The number of hydrogen-bond donors (Lipinski definition) is 1. The van der Waals surface area contributed by atoms with Crippen LogP contribution < -0.4 is 10.1 Å². The summed E-state index contributed by atoms with van der Waals surface area (Å²) in [6, 6.07) is 17.0. The van der Waals surface area contributed by atoms with Gasteiger partial charge in [0.1, 0.15) is 5.75 Å². The molecule has 26 heavy (non-hydrogen) atoms. The fourth-order valence-electron chi connectivity index (χ4n) is 2.72. The maximum atomic E-state index is 12.7. The Hall–Kier alpha value is -3.15. The molecule has 0 fully saturated rings. The topological polar surface area (TPSA) is 77.2 Å². The quantitative estimate of drug-likeness (QED) is 0.698. The van der Waals surface area contributed by atoms with Gasteiger partial charge < -0.3 is 14.5 Å². The smallest absolute Gasteiger partial charge is 0.225 e. The number of nitrogens with zero attached hydrogens (tertiary/aromatic N) is 2. The molecular weight excluding hydrogens is 330 g/mol. The maximum Gasteiger partial charge on any atom is 0.225 e. The first-order valence-corrected chi connectivity index (χ1v) is 8.54. The number of aromatic nitrogens is 2. The van der Waals surface area contributed by atoms with Crippen molar-refractivity contribution >= 4 is 11.6 Å². The Morgan fingerprint density at radius 2 is 1.85 bits per heavy atom. The highest BCUT2D eigenvalue weighted by Crippen LogP contribution is 2.29. The average Bonchev–Trinajstić information content (AvgIpc) is 3.08. The zero-order valence-electron chi connectivity index (χ0n) is 14.8. The summed E-state index contributed by atoms with van der Waals surface area (Å²) in [5.41, 5.74) is 1.59. The minimum Gasteiger partial charge on any atom is -0.492 e. The first-order valence-electron chi connectivity index (χ1n) is 8.54.